The largest absolute Gasteiger partial charge is 0.462 e. The molecule has 0 fully saturated rings. The van der Waals surface area contributed by atoms with Gasteiger partial charge in [-0.2, -0.15) is 0 Å². The van der Waals surface area contributed by atoms with Crippen molar-refractivity contribution in [3.63, 3.8) is 0 Å². The number of carbonyl (C=O) groups is 3. The average Bonchev–Trinajstić information content (AvgIpc) is 3.00. The lowest BCUT2D eigenvalue weighted by atomic mass is 9.90. The maximum atomic E-state index is 12.5. The van der Waals surface area contributed by atoms with Crippen molar-refractivity contribution in [1.29, 1.82) is 0 Å². The Morgan fingerprint density at radius 2 is 2.00 bits per heavy atom. The third-order valence-corrected chi connectivity index (χ3v) is 3.34. The first-order valence-corrected chi connectivity index (χ1v) is 6.22. The highest BCUT2D eigenvalue weighted by Crippen LogP contribution is 2.30. The summed E-state index contributed by atoms with van der Waals surface area (Å²) in [4.78, 5) is 42.3. The topological polar surface area (TPSA) is 92.0 Å². The molecule has 2 aromatic heterocycles. The number of H-pyrrole nitrogens is 2. The van der Waals surface area contributed by atoms with Crippen molar-refractivity contribution < 1.29 is 19.1 Å². The number of ketones is 2. The summed E-state index contributed by atoms with van der Waals surface area (Å²) >= 11 is 0. The predicted molar refractivity (Wildman–Crippen MR) is 69.1 cm³/mol. The molecule has 0 atom stereocenters. The van der Waals surface area contributed by atoms with E-state index in [9.17, 15) is 14.4 Å². The van der Waals surface area contributed by atoms with Gasteiger partial charge < -0.3 is 14.7 Å². The van der Waals surface area contributed by atoms with Gasteiger partial charge in [-0.1, -0.05) is 0 Å². The lowest BCUT2D eigenvalue weighted by Crippen LogP contribution is -2.21. The van der Waals surface area contributed by atoms with E-state index in [0.29, 0.717) is 5.69 Å². The number of ether oxygens (including phenoxy) is 1. The van der Waals surface area contributed by atoms with Crippen molar-refractivity contribution in [3.8, 4) is 0 Å². The Bertz CT molecular complexity index is 751. The van der Waals surface area contributed by atoms with Gasteiger partial charge in [0.25, 0.3) is 0 Å². The van der Waals surface area contributed by atoms with E-state index in [0.717, 1.165) is 0 Å². The van der Waals surface area contributed by atoms with Crippen LogP contribution in [0.15, 0.2) is 12.3 Å². The molecule has 0 amide bonds. The van der Waals surface area contributed by atoms with Gasteiger partial charge in [0.2, 0.25) is 5.78 Å². The van der Waals surface area contributed by atoms with Crippen molar-refractivity contribution in [1.82, 2.24) is 9.97 Å². The highest BCUT2D eigenvalue weighted by Gasteiger charge is 2.37. The first kappa shape index (κ1) is 12.4. The van der Waals surface area contributed by atoms with E-state index in [2.05, 4.69) is 9.97 Å². The first-order chi connectivity index (χ1) is 9.56. The van der Waals surface area contributed by atoms with Crippen LogP contribution in [-0.4, -0.2) is 34.1 Å². The SMILES string of the molecule is CCOC(=O)c1c(C)[nH]c2c1C(=O)c1cc[nH]c1C2=O. The highest BCUT2D eigenvalue weighted by molar-refractivity contribution is 6.29. The molecule has 6 heteroatoms. The van der Waals surface area contributed by atoms with Gasteiger partial charge in [-0.05, 0) is 19.9 Å². The second kappa shape index (κ2) is 4.19. The van der Waals surface area contributed by atoms with Crippen LogP contribution in [-0.2, 0) is 4.74 Å². The van der Waals surface area contributed by atoms with Gasteiger partial charge in [-0.15, -0.1) is 0 Å². The summed E-state index contributed by atoms with van der Waals surface area (Å²) < 4.78 is 4.96. The standard InChI is InChI=1S/C14H12N2O4/c1-3-20-14(19)8-6(2)16-11-9(8)12(17)7-4-5-15-10(7)13(11)18/h4-5,15-16H,3H2,1-2H3. The number of fused-ring (bicyclic) bond motifs is 2. The molecule has 6 nitrogen and oxygen atoms in total. The Kier molecular flexibility index (Phi) is 2.60. The molecule has 0 aromatic carbocycles. The fraction of sp³-hybridized carbons (Fsp3) is 0.214. The molecule has 2 N–H and O–H groups in total. The molecule has 20 heavy (non-hydrogen) atoms. The van der Waals surface area contributed by atoms with Gasteiger partial charge in [0.1, 0.15) is 5.69 Å². The summed E-state index contributed by atoms with van der Waals surface area (Å²) in [5, 5.41) is 0. The summed E-state index contributed by atoms with van der Waals surface area (Å²) in [6.07, 6.45) is 1.53. The molecular weight excluding hydrogens is 260 g/mol. The average molecular weight is 272 g/mol. The summed E-state index contributed by atoms with van der Waals surface area (Å²) in [6.45, 7) is 3.53. The van der Waals surface area contributed by atoms with Gasteiger partial charge >= 0.3 is 5.97 Å². The van der Waals surface area contributed by atoms with Crippen LogP contribution in [0.1, 0.15) is 55.1 Å². The van der Waals surface area contributed by atoms with E-state index in [1.807, 2.05) is 0 Å². The molecule has 0 aliphatic heterocycles. The lowest BCUT2D eigenvalue weighted by Gasteiger charge is -2.11. The van der Waals surface area contributed by atoms with Crippen molar-refractivity contribution in [2.24, 2.45) is 0 Å². The van der Waals surface area contributed by atoms with E-state index < -0.39 is 5.97 Å². The summed E-state index contributed by atoms with van der Waals surface area (Å²) in [5.74, 6) is -1.26. The van der Waals surface area contributed by atoms with Crippen molar-refractivity contribution >= 4 is 17.5 Å². The predicted octanol–water partition coefficient (Wildman–Crippen LogP) is 1.60. The van der Waals surface area contributed by atoms with Crippen LogP contribution < -0.4 is 0 Å². The fourth-order valence-electron chi connectivity index (χ4n) is 2.49. The molecule has 0 radical (unpaired) electrons. The Morgan fingerprint density at radius 1 is 1.25 bits per heavy atom. The van der Waals surface area contributed by atoms with Gasteiger partial charge in [0.15, 0.2) is 5.78 Å². The lowest BCUT2D eigenvalue weighted by molar-refractivity contribution is 0.0523. The van der Waals surface area contributed by atoms with E-state index >= 15 is 0 Å². The fourth-order valence-corrected chi connectivity index (χ4v) is 2.49. The quantitative estimate of drug-likeness (QED) is 0.693. The Morgan fingerprint density at radius 3 is 2.70 bits per heavy atom. The number of hydrogen-bond donors (Lipinski definition) is 2. The van der Waals surface area contributed by atoms with Crippen LogP contribution in [0.4, 0.5) is 0 Å². The van der Waals surface area contributed by atoms with Crippen LogP contribution in [0.25, 0.3) is 0 Å². The number of esters is 1. The van der Waals surface area contributed by atoms with Gasteiger partial charge in [0, 0.05) is 11.9 Å². The normalized spacial score (nSPS) is 13.1. The van der Waals surface area contributed by atoms with E-state index in [1.54, 1.807) is 13.8 Å². The zero-order valence-electron chi connectivity index (χ0n) is 11.0. The molecular formula is C14H12N2O4. The number of aromatic amines is 2. The molecule has 1 aliphatic carbocycles. The Hall–Kier alpha value is -2.63. The minimum Gasteiger partial charge on any atom is -0.462 e. The molecule has 102 valence electrons. The molecule has 0 bridgehead atoms. The minimum atomic E-state index is -0.595. The Balaban J connectivity index is 2.23. The molecule has 0 saturated carbocycles. The number of aryl methyl sites for hydroxylation is 1. The van der Waals surface area contributed by atoms with E-state index in [4.69, 9.17) is 4.74 Å². The molecule has 3 rings (SSSR count). The molecule has 1 aliphatic rings. The maximum absolute atomic E-state index is 12.5. The zero-order chi connectivity index (χ0) is 14.4. The monoisotopic (exact) mass is 272 g/mol. The van der Waals surface area contributed by atoms with Crippen LogP contribution in [0.3, 0.4) is 0 Å². The molecule has 0 spiro atoms. The number of nitrogens with one attached hydrogen (secondary N) is 2. The van der Waals surface area contributed by atoms with Crippen LogP contribution >= 0.6 is 0 Å². The third kappa shape index (κ3) is 1.48. The zero-order valence-corrected chi connectivity index (χ0v) is 11.0. The van der Waals surface area contributed by atoms with Gasteiger partial charge in [-0.3, -0.25) is 9.59 Å². The highest BCUT2D eigenvalue weighted by atomic mass is 16.5. The molecule has 2 aromatic rings. The Labute approximate surface area is 114 Å². The molecule has 2 heterocycles. The van der Waals surface area contributed by atoms with Gasteiger partial charge in [0.05, 0.1) is 29.0 Å². The number of aromatic nitrogens is 2. The van der Waals surface area contributed by atoms with E-state index in [-0.39, 0.29) is 46.3 Å². The van der Waals surface area contributed by atoms with E-state index in [1.165, 1.54) is 12.3 Å². The summed E-state index contributed by atoms with van der Waals surface area (Å²) in [6, 6.07) is 1.54. The number of carbonyl (C=O) groups excluding carboxylic acids is 3. The number of hydrogen-bond acceptors (Lipinski definition) is 4. The smallest absolute Gasteiger partial charge is 0.340 e. The summed E-state index contributed by atoms with van der Waals surface area (Å²) in [7, 11) is 0. The first-order valence-electron chi connectivity index (χ1n) is 6.22. The minimum absolute atomic E-state index is 0.109. The van der Waals surface area contributed by atoms with Crippen LogP contribution in [0.5, 0.6) is 0 Å². The summed E-state index contributed by atoms with van der Waals surface area (Å²) in [5.41, 5.74) is 1.39. The second-order valence-electron chi connectivity index (χ2n) is 4.52. The van der Waals surface area contributed by atoms with Crippen molar-refractivity contribution in [2.45, 2.75) is 13.8 Å². The van der Waals surface area contributed by atoms with Crippen LogP contribution in [0.2, 0.25) is 0 Å². The molecule has 0 saturated heterocycles. The third-order valence-electron chi connectivity index (χ3n) is 3.34. The van der Waals surface area contributed by atoms with Crippen molar-refractivity contribution in [3.05, 3.63) is 46.0 Å². The molecule has 0 unspecified atom stereocenters. The van der Waals surface area contributed by atoms with Gasteiger partial charge in [-0.25, -0.2) is 4.79 Å². The number of rotatable bonds is 2. The maximum Gasteiger partial charge on any atom is 0.340 e. The second-order valence-corrected chi connectivity index (χ2v) is 4.52. The van der Waals surface area contributed by atoms with Crippen molar-refractivity contribution in [2.75, 3.05) is 6.61 Å². The van der Waals surface area contributed by atoms with Crippen LogP contribution in [0, 0.1) is 6.92 Å².